The highest BCUT2D eigenvalue weighted by Crippen LogP contribution is 2.28. The molecule has 1 atom stereocenters. The van der Waals surface area contributed by atoms with E-state index in [4.69, 9.17) is 26.3 Å². The molecular weight excluding hydrogens is 518 g/mol. The van der Waals surface area contributed by atoms with Crippen LogP contribution in [0, 0.1) is 12.8 Å². The van der Waals surface area contributed by atoms with Gasteiger partial charge in [0.05, 0.1) is 24.9 Å². The Labute approximate surface area is 221 Å². The second-order valence-corrected chi connectivity index (χ2v) is 11.6. The van der Waals surface area contributed by atoms with Crippen molar-refractivity contribution in [3.05, 3.63) is 40.9 Å². The Balaban J connectivity index is 1.52. The number of aryl methyl sites for hydroxylation is 2. The minimum atomic E-state index is -3.76. The van der Waals surface area contributed by atoms with Crippen LogP contribution in [0.2, 0.25) is 5.15 Å². The molecule has 0 spiro atoms. The van der Waals surface area contributed by atoms with Gasteiger partial charge in [-0.3, -0.25) is 9.58 Å². The number of hydrogen-bond donors (Lipinski definition) is 1. The van der Waals surface area contributed by atoms with E-state index in [1.54, 1.807) is 14.0 Å². The Hall–Kier alpha value is -2.80. The first-order valence-electron chi connectivity index (χ1n) is 12.0. The molecule has 1 aromatic carbocycles. The van der Waals surface area contributed by atoms with Crippen molar-refractivity contribution in [1.29, 1.82) is 0 Å². The van der Waals surface area contributed by atoms with Gasteiger partial charge < -0.3 is 10.1 Å². The lowest BCUT2D eigenvalue weighted by Crippen LogP contribution is -2.48. The molecule has 0 bridgehead atoms. The van der Waals surface area contributed by atoms with E-state index >= 15 is 0 Å². The van der Waals surface area contributed by atoms with Crippen molar-refractivity contribution in [2.24, 2.45) is 13.0 Å². The number of carbonyl (C=O) groups is 1. The quantitative estimate of drug-likeness (QED) is 0.422. The molecule has 1 saturated heterocycles. The number of aromatic nitrogens is 4. The van der Waals surface area contributed by atoms with E-state index in [1.807, 2.05) is 38.1 Å². The molecule has 37 heavy (non-hydrogen) atoms. The predicted molar refractivity (Wildman–Crippen MR) is 141 cm³/mol. The molecule has 3 heterocycles. The number of anilines is 1. The molecule has 0 radical (unpaired) electrons. The first kappa shape index (κ1) is 27.2. The van der Waals surface area contributed by atoms with E-state index in [0.717, 1.165) is 10.9 Å². The number of esters is 1. The summed E-state index contributed by atoms with van der Waals surface area (Å²) >= 11 is 6.23. The minimum absolute atomic E-state index is 0.0170. The second kappa shape index (κ2) is 10.9. The van der Waals surface area contributed by atoms with Gasteiger partial charge in [-0.05, 0) is 25.0 Å². The van der Waals surface area contributed by atoms with Gasteiger partial charge in [0.2, 0.25) is 10.0 Å². The number of fused-ring (bicyclic) bond motifs is 1. The van der Waals surface area contributed by atoms with Gasteiger partial charge in [0, 0.05) is 38.6 Å². The van der Waals surface area contributed by atoms with E-state index in [1.165, 1.54) is 16.1 Å². The Morgan fingerprint density at radius 2 is 1.84 bits per heavy atom. The first-order valence-corrected chi connectivity index (χ1v) is 13.9. The van der Waals surface area contributed by atoms with Crippen molar-refractivity contribution < 1.29 is 17.9 Å². The number of nitrogens with one attached hydrogen (secondary N) is 1. The van der Waals surface area contributed by atoms with Crippen LogP contribution < -0.4 is 5.32 Å². The third-order valence-corrected chi connectivity index (χ3v) is 9.05. The standard InChI is InChI=1S/C24H32ClN7O4S/c1-15(2)20(24(33)36-5)28-23-17-8-6-7-9-18(17)26-19(27-23)14-31-10-12-32(13-11-31)37(34,35)21-16(3)29-30(4)22(21)25/h6-9,15,20H,10-14H2,1-5H3,(H,26,27,28)/t20-/m0/s1. The van der Waals surface area contributed by atoms with E-state index < -0.39 is 16.1 Å². The summed E-state index contributed by atoms with van der Waals surface area (Å²) in [4.78, 5) is 24.0. The average Bonchev–Trinajstić information content (AvgIpc) is 3.13. The molecule has 2 aromatic heterocycles. The zero-order chi connectivity index (χ0) is 26.9. The molecule has 0 amide bonds. The lowest BCUT2D eigenvalue weighted by atomic mass is 10.0. The molecule has 1 fully saturated rings. The number of piperazine rings is 1. The summed E-state index contributed by atoms with van der Waals surface area (Å²) in [5, 5.41) is 8.31. The van der Waals surface area contributed by atoms with Gasteiger partial charge in [-0.25, -0.2) is 23.2 Å². The van der Waals surface area contributed by atoms with E-state index in [-0.39, 0.29) is 21.9 Å². The van der Waals surface area contributed by atoms with Gasteiger partial charge in [0.1, 0.15) is 27.7 Å². The number of methoxy groups -OCH3 is 1. The molecule has 11 nitrogen and oxygen atoms in total. The number of carbonyl (C=O) groups excluding carboxylic acids is 1. The third-order valence-electron chi connectivity index (χ3n) is 6.46. The van der Waals surface area contributed by atoms with Crippen LogP contribution in [0.25, 0.3) is 10.9 Å². The van der Waals surface area contributed by atoms with Crippen LogP contribution in [0.15, 0.2) is 29.2 Å². The lowest BCUT2D eigenvalue weighted by Gasteiger charge is -2.33. The number of nitrogens with zero attached hydrogens (tertiary/aromatic N) is 6. The molecule has 1 aliphatic heterocycles. The fourth-order valence-electron chi connectivity index (χ4n) is 4.44. The van der Waals surface area contributed by atoms with Crippen molar-refractivity contribution in [2.75, 3.05) is 38.6 Å². The summed E-state index contributed by atoms with van der Waals surface area (Å²) in [6.45, 7) is 7.58. The van der Waals surface area contributed by atoms with Crippen LogP contribution in [0.1, 0.15) is 25.4 Å². The van der Waals surface area contributed by atoms with Crippen LogP contribution >= 0.6 is 11.6 Å². The number of sulfonamides is 1. The van der Waals surface area contributed by atoms with Crippen LogP contribution in [0.4, 0.5) is 5.82 Å². The monoisotopic (exact) mass is 549 g/mol. The predicted octanol–water partition coefficient (Wildman–Crippen LogP) is 2.44. The molecule has 0 unspecified atom stereocenters. The number of para-hydroxylation sites is 1. The molecule has 1 aliphatic rings. The van der Waals surface area contributed by atoms with Crippen LogP contribution in [-0.4, -0.2) is 82.7 Å². The van der Waals surface area contributed by atoms with Crippen LogP contribution in [-0.2, 0) is 33.1 Å². The molecular formula is C24H32ClN7O4S. The maximum Gasteiger partial charge on any atom is 0.328 e. The third kappa shape index (κ3) is 5.57. The van der Waals surface area contributed by atoms with Crippen molar-refractivity contribution in [1.82, 2.24) is 29.0 Å². The number of halogens is 1. The average molecular weight is 550 g/mol. The Bertz CT molecular complexity index is 1400. The molecule has 13 heteroatoms. The SMILES string of the molecule is COC(=O)[C@@H](Nc1nc(CN2CCN(S(=O)(=O)c3c(C)nn(C)c3Cl)CC2)nc2ccccc12)C(C)C. The van der Waals surface area contributed by atoms with Gasteiger partial charge in [-0.15, -0.1) is 0 Å². The number of ether oxygens (including phenoxy) is 1. The maximum atomic E-state index is 13.2. The Morgan fingerprint density at radius 3 is 2.43 bits per heavy atom. The van der Waals surface area contributed by atoms with Gasteiger partial charge in [0.25, 0.3) is 0 Å². The molecule has 200 valence electrons. The topological polar surface area (TPSA) is 123 Å². The Kier molecular flexibility index (Phi) is 8.02. The van der Waals surface area contributed by atoms with Crippen molar-refractivity contribution in [3.8, 4) is 0 Å². The highest BCUT2D eigenvalue weighted by molar-refractivity contribution is 7.89. The zero-order valence-electron chi connectivity index (χ0n) is 21.6. The molecule has 3 aromatic rings. The fraction of sp³-hybridized carbons (Fsp3) is 0.500. The van der Waals surface area contributed by atoms with E-state index in [0.29, 0.717) is 50.1 Å². The number of hydrogen-bond acceptors (Lipinski definition) is 9. The fourth-order valence-corrected chi connectivity index (χ4v) is 6.57. The van der Waals surface area contributed by atoms with Gasteiger partial charge in [0.15, 0.2) is 0 Å². The van der Waals surface area contributed by atoms with Crippen molar-refractivity contribution in [3.63, 3.8) is 0 Å². The smallest absolute Gasteiger partial charge is 0.328 e. The normalized spacial score (nSPS) is 16.3. The summed E-state index contributed by atoms with van der Waals surface area (Å²) in [5.74, 6) is 0.765. The number of benzene rings is 1. The lowest BCUT2D eigenvalue weighted by molar-refractivity contribution is -0.142. The highest BCUT2D eigenvalue weighted by Gasteiger charge is 2.34. The summed E-state index contributed by atoms with van der Waals surface area (Å²) in [7, 11) is -0.774. The minimum Gasteiger partial charge on any atom is -0.467 e. The van der Waals surface area contributed by atoms with Gasteiger partial charge in [-0.2, -0.15) is 9.40 Å². The summed E-state index contributed by atoms with van der Waals surface area (Å²) in [5.41, 5.74) is 1.14. The van der Waals surface area contributed by atoms with E-state index in [2.05, 4.69) is 15.3 Å². The van der Waals surface area contributed by atoms with Gasteiger partial charge in [-0.1, -0.05) is 37.6 Å². The molecule has 0 aliphatic carbocycles. The summed E-state index contributed by atoms with van der Waals surface area (Å²) in [6, 6.07) is 7.05. The highest BCUT2D eigenvalue weighted by atomic mass is 35.5. The molecule has 4 rings (SSSR count). The number of rotatable bonds is 8. The maximum absolute atomic E-state index is 13.2. The molecule has 0 saturated carbocycles. The Morgan fingerprint density at radius 1 is 1.16 bits per heavy atom. The zero-order valence-corrected chi connectivity index (χ0v) is 23.2. The van der Waals surface area contributed by atoms with Crippen LogP contribution in [0.5, 0.6) is 0 Å². The van der Waals surface area contributed by atoms with Gasteiger partial charge >= 0.3 is 5.97 Å². The summed E-state index contributed by atoms with van der Waals surface area (Å²) in [6.07, 6.45) is 0. The van der Waals surface area contributed by atoms with Crippen LogP contribution in [0.3, 0.4) is 0 Å². The van der Waals surface area contributed by atoms with E-state index in [9.17, 15) is 13.2 Å². The van der Waals surface area contributed by atoms with Crippen molar-refractivity contribution in [2.45, 2.75) is 38.3 Å². The largest absolute Gasteiger partial charge is 0.467 e. The first-order chi connectivity index (χ1) is 17.5. The second-order valence-electron chi connectivity index (χ2n) is 9.40. The van der Waals surface area contributed by atoms with Crippen molar-refractivity contribution >= 4 is 44.3 Å². The summed E-state index contributed by atoms with van der Waals surface area (Å²) < 4.78 is 34.3. The molecule has 1 N–H and O–H groups in total.